The highest BCUT2D eigenvalue weighted by molar-refractivity contribution is 6.02. The summed E-state index contributed by atoms with van der Waals surface area (Å²) < 4.78 is 13.8. The molecular formula is C30H33FN6O2. The Morgan fingerprint density at radius 1 is 1.10 bits per heavy atom. The Labute approximate surface area is 226 Å². The van der Waals surface area contributed by atoms with Gasteiger partial charge < -0.3 is 25.1 Å². The third-order valence-corrected chi connectivity index (χ3v) is 7.91. The van der Waals surface area contributed by atoms with Crippen molar-refractivity contribution in [2.24, 2.45) is 0 Å². The maximum atomic E-state index is 13.8. The van der Waals surface area contributed by atoms with Gasteiger partial charge in [-0.05, 0) is 93.2 Å². The van der Waals surface area contributed by atoms with Crippen molar-refractivity contribution in [3.63, 3.8) is 0 Å². The van der Waals surface area contributed by atoms with Gasteiger partial charge >= 0.3 is 0 Å². The zero-order valence-corrected chi connectivity index (χ0v) is 22.3. The van der Waals surface area contributed by atoms with Crippen molar-refractivity contribution in [2.75, 3.05) is 31.5 Å². The van der Waals surface area contributed by atoms with Crippen molar-refractivity contribution in [1.29, 1.82) is 0 Å². The average Bonchev–Trinajstić information content (AvgIpc) is 3.63. The van der Waals surface area contributed by atoms with Gasteiger partial charge in [0.2, 0.25) is 0 Å². The Hall–Kier alpha value is -3.98. The second-order valence-corrected chi connectivity index (χ2v) is 10.8. The molecular weight excluding hydrogens is 495 g/mol. The quantitative estimate of drug-likeness (QED) is 0.314. The lowest BCUT2D eigenvalue weighted by Crippen LogP contribution is -2.33. The van der Waals surface area contributed by atoms with Crippen molar-refractivity contribution in [3.8, 4) is 11.4 Å². The first-order valence-electron chi connectivity index (χ1n) is 13.6. The first kappa shape index (κ1) is 25.3. The minimum atomic E-state index is -0.273. The van der Waals surface area contributed by atoms with E-state index in [4.69, 9.17) is 4.98 Å². The summed E-state index contributed by atoms with van der Waals surface area (Å²) in [6.45, 7) is 8.41. The van der Waals surface area contributed by atoms with E-state index in [9.17, 15) is 14.0 Å². The lowest BCUT2D eigenvalue weighted by Gasteiger charge is -2.20. The number of aryl methyl sites for hydroxylation is 1. The van der Waals surface area contributed by atoms with Crippen molar-refractivity contribution in [1.82, 2.24) is 24.8 Å². The molecule has 2 aliphatic rings. The number of halogens is 1. The molecule has 0 radical (unpaired) electrons. The highest BCUT2D eigenvalue weighted by Gasteiger charge is 2.29. The van der Waals surface area contributed by atoms with Crippen molar-refractivity contribution >= 4 is 22.6 Å². The van der Waals surface area contributed by atoms with Crippen LogP contribution in [0.1, 0.15) is 46.8 Å². The van der Waals surface area contributed by atoms with Crippen LogP contribution in [0.3, 0.4) is 0 Å². The van der Waals surface area contributed by atoms with Gasteiger partial charge in [0.05, 0.1) is 16.7 Å². The van der Waals surface area contributed by atoms with Gasteiger partial charge in [0, 0.05) is 37.4 Å². The molecule has 0 bridgehead atoms. The van der Waals surface area contributed by atoms with E-state index < -0.39 is 0 Å². The molecule has 0 unspecified atom stereocenters. The Morgan fingerprint density at radius 3 is 2.74 bits per heavy atom. The third-order valence-electron chi connectivity index (χ3n) is 7.91. The molecule has 9 heteroatoms. The Balaban J connectivity index is 1.24. The van der Waals surface area contributed by atoms with Crippen LogP contribution in [-0.2, 0) is 13.0 Å². The SMILES string of the molecule is Cc1ccc(F)cc1C[C@H](C)Nc1cc[nH]c(=O)c1-c1nc2cc3c(cc2[nH]1)CN(CCN1CCCC1)C3=O. The van der Waals surface area contributed by atoms with E-state index in [0.29, 0.717) is 41.1 Å². The summed E-state index contributed by atoms with van der Waals surface area (Å²) in [5, 5.41) is 3.42. The summed E-state index contributed by atoms with van der Waals surface area (Å²) >= 11 is 0. The van der Waals surface area contributed by atoms with E-state index in [1.165, 1.54) is 18.9 Å². The molecule has 39 heavy (non-hydrogen) atoms. The van der Waals surface area contributed by atoms with Gasteiger partial charge in [-0.2, -0.15) is 0 Å². The van der Waals surface area contributed by atoms with Crippen LogP contribution < -0.4 is 10.9 Å². The van der Waals surface area contributed by atoms with Gasteiger partial charge in [0.1, 0.15) is 17.2 Å². The molecule has 0 saturated carbocycles. The molecule has 0 aliphatic carbocycles. The topological polar surface area (TPSA) is 97.1 Å². The Morgan fingerprint density at radius 2 is 1.92 bits per heavy atom. The monoisotopic (exact) mass is 528 g/mol. The highest BCUT2D eigenvalue weighted by atomic mass is 19.1. The number of pyridine rings is 1. The highest BCUT2D eigenvalue weighted by Crippen LogP contribution is 2.30. The lowest BCUT2D eigenvalue weighted by atomic mass is 10.0. The first-order chi connectivity index (χ1) is 18.9. The van der Waals surface area contributed by atoms with Crippen LogP contribution in [0.5, 0.6) is 0 Å². The molecule has 0 spiro atoms. The predicted molar refractivity (Wildman–Crippen MR) is 150 cm³/mol. The number of hydrogen-bond acceptors (Lipinski definition) is 5. The van der Waals surface area contributed by atoms with E-state index in [1.54, 1.807) is 24.4 Å². The minimum absolute atomic E-state index is 0.0389. The number of rotatable bonds is 8. The maximum absolute atomic E-state index is 13.8. The largest absolute Gasteiger partial charge is 0.381 e. The second kappa shape index (κ2) is 10.3. The number of benzene rings is 2. The second-order valence-electron chi connectivity index (χ2n) is 10.8. The molecule has 8 nitrogen and oxygen atoms in total. The number of anilines is 1. The number of carbonyl (C=O) groups excluding carboxylic acids is 1. The molecule has 3 N–H and O–H groups in total. The number of likely N-dealkylation sites (tertiary alicyclic amines) is 1. The zero-order valence-electron chi connectivity index (χ0n) is 22.3. The van der Waals surface area contributed by atoms with Crippen molar-refractivity contribution < 1.29 is 9.18 Å². The van der Waals surface area contributed by atoms with E-state index in [2.05, 4.69) is 20.2 Å². The standard InChI is InChI=1S/C30H33FN6O2/c1-18-5-6-22(31)14-20(18)13-19(2)33-24-7-8-32-29(38)27(24)28-34-25-15-21-17-37(12-11-36-9-3-4-10-36)30(39)23(21)16-26(25)35-28/h5-8,14-16,19H,3-4,9-13,17H2,1-2H3,(H,34,35)(H2,32,33,38)/t19-/m0/s1. The molecule has 2 aromatic heterocycles. The van der Waals surface area contributed by atoms with E-state index >= 15 is 0 Å². The maximum Gasteiger partial charge on any atom is 0.261 e. The van der Waals surface area contributed by atoms with Crippen LogP contribution in [0, 0.1) is 12.7 Å². The molecule has 1 amide bonds. The molecule has 1 saturated heterocycles. The average molecular weight is 529 g/mol. The number of amides is 1. The summed E-state index contributed by atoms with van der Waals surface area (Å²) in [5.74, 6) is 0.213. The molecule has 6 rings (SSSR count). The van der Waals surface area contributed by atoms with Crippen LogP contribution in [0.25, 0.3) is 22.4 Å². The summed E-state index contributed by atoms with van der Waals surface area (Å²) in [4.78, 5) is 41.2. The number of nitrogens with zero attached hydrogens (tertiary/aromatic N) is 3. The van der Waals surface area contributed by atoms with E-state index in [0.717, 1.165) is 48.4 Å². The summed E-state index contributed by atoms with van der Waals surface area (Å²) in [6, 6.07) is 10.3. The van der Waals surface area contributed by atoms with Crippen molar-refractivity contribution in [3.05, 3.63) is 81.0 Å². The number of fused-ring (bicyclic) bond motifs is 2. The number of aromatic nitrogens is 3. The molecule has 202 valence electrons. The fraction of sp³-hybridized carbons (Fsp3) is 0.367. The third kappa shape index (κ3) is 5.06. The minimum Gasteiger partial charge on any atom is -0.381 e. The zero-order chi connectivity index (χ0) is 27.1. The van der Waals surface area contributed by atoms with Gasteiger partial charge in [-0.25, -0.2) is 9.37 Å². The molecule has 2 aromatic carbocycles. The first-order valence-corrected chi connectivity index (χ1v) is 13.6. The number of hydrogen-bond donors (Lipinski definition) is 3. The Kier molecular flexibility index (Phi) is 6.68. The predicted octanol–water partition coefficient (Wildman–Crippen LogP) is 4.46. The van der Waals surface area contributed by atoms with Gasteiger partial charge in [-0.3, -0.25) is 9.59 Å². The van der Waals surface area contributed by atoms with Crippen LogP contribution in [-0.4, -0.2) is 62.9 Å². The van der Waals surface area contributed by atoms with Crippen LogP contribution in [0.2, 0.25) is 0 Å². The normalized spacial score (nSPS) is 16.3. The lowest BCUT2D eigenvalue weighted by molar-refractivity contribution is 0.0763. The summed E-state index contributed by atoms with van der Waals surface area (Å²) in [7, 11) is 0. The van der Waals surface area contributed by atoms with E-state index in [1.807, 2.05) is 30.9 Å². The van der Waals surface area contributed by atoms with Crippen molar-refractivity contribution in [2.45, 2.75) is 45.7 Å². The number of imidazole rings is 1. The fourth-order valence-electron chi connectivity index (χ4n) is 5.79. The van der Waals surface area contributed by atoms with Gasteiger partial charge in [0.25, 0.3) is 11.5 Å². The van der Waals surface area contributed by atoms with Crippen LogP contribution >= 0.6 is 0 Å². The molecule has 4 aromatic rings. The number of nitrogens with one attached hydrogen (secondary N) is 3. The number of carbonyl (C=O) groups is 1. The number of aromatic amines is 2. The van der Waals surface area contributed by atoms with Crippen LogP contribution in [0.4, 0.5) is 10.1 Å². The van der Waals surface area contributed by atoms with E-state index in [-0.39, 0.29) is 23.3 Å². The van der Waals surface area contributed by atoms with Crippen LogP contribution in [0.15, 0.2) is 47.4 Å². The molecule has 1 atom stereocenters. The number of H-pyrrole nitrogens is 2. The van der Waals surface area contributed by atoms with Gasteiger partial charge in [0.15, 0.2) is 0 Å². The fourth-order valence-corrected chi connectivity index (χ4v) is 5.79. The molecule has 4 heterocycles. The Bertz CT molecular complexity index is 1600. The van der Waals surface area contributed by atoms with Gasteiger partial charge in [-0.15, -0.1) is 0 Å². The molecule has 2 aliphatic heterocycles. The summed E-state index contributed by atoms with van der Waals surface area (Å²) in [6.07, 6.45) is 4.67. The summed E-state index contributed by atoms with van der Waals surface area (Å²) in [5.41, 5.74) is 5.79. The molecule has 1 fully saturated rings. The smallest absolute Gasteiger partial charge is 0.261 e. The van der Waals surface area contributed by atoms with Gasteiger partial charge in [-0.1, -0.05) is 6.07 Å².